The number of carbonyl (C=O) groups excluding carboxylic acids is 1. The zero-order chi connectivity index (χ0) is 15.4. The van der Waals surface area contributed by atoms with E-state index in [0.29, 0.717) is 12.1 Å². The number of amides is 1. The van der Waals surface area contributed by atoms with Crippen molar-refractivity contribution in [3.63, 3.8) is 0 Å². The number of H-pyrrole nitrogens is 1. The average molecular weight is 301 g/mol. The normalized spacial score (nSPS) is 19.4. The Morgan fingerprint density at radius 3 is 3.14 bits per heavy atom. The molecule has 0 radical (unpaired) electrons. The van der Waals surface area contributed by atoms with Gasteiger partial charge in [-0.3, -0.25) is 9.69 Å². The second kappa shape index (κ2) is 6.94. The number of nitrogens with one attached hydrogen (secondary N) is 2. The number of aliphatic hydroxyl groups excluding tert-OH is 1. The van der Waals surface area contributed by atoms with Crippen molar-refractivity contribution in [3.8, 4) is 0 Å². The molecule has 3 rings (SSSR count). The summed E-state index contributed by atoms with van der Waals surface area (Å²) in [6.07, 6.45) is 5.25. The van der Waals surface area contributed by atoms with Gasteiger partial charge in [-0.2, -0.15) is 0 Å². The van der Waals surface area contributed by atoms with Gasteiger partial charge < -0.3 is 15.4 Å². The summed E-state index contributed by atoms with van der Waals surface area (Å²) in [6, 6.07) is 7.94. The predicted octanol–water partition coefficient (Wildman–Crippen LogP) is 1.74. The highest BCUT2D eigenvalue weighted by molar-refractivity contribution is 6.05. The Hall–Kier alpha value is -1.85. The van der Waals surface area contributed by atoms with Gasteiger partial charge in [0.25, 0.3) is 5.91 Å². The van der Waals surface area contributed by atoms with E-state index in [9.17, 15) is 9.90 Å². The molecule has 1 aromatic carbocycles. The monoisotopic (exact) mass is 301 g/mol. The highest BCUT2D eigenvalue weighted by atomic mass is 16.3. The summed E-state index contributed by atoms with van der Waals surface area (Å²) >= 11 is 0. The van der Waals surface area contributed by atoms with E-state index in [4.69, 9.17) is 0 Å². The van der Waals surface area contributed by atoms with Crippen molar-refractivity contribution in [1.82, 2.24) is 15.2 Å². The van der Waals surface area contributed by atoms with Crippen molar-refractivity contribution >= 4 is 16.8 Å². The molecule has 22 heavy (non-hydrogen) atoms. The Labute approximate surface area is 130 Å². The number of likely N-dealkylation sites (tertiary alicyclic amines) is 1. The molecule has 1 atom stereocenters. The topological polar surface area (TPSA) is 68.4 Å². The summed E-state index contributed by atoms with van der Waals surface area (Å²) in [5.41, 5.74) is 1.56. The molecule has 0 aliphatic carbocycles. The van der Waals surface area contributed by atoms with Gasteiger partial charge in [0.05, 0.1) is 17.7 Å². The Balaban J connectivity index is 1.57. The fourth-order valence-corrected chi connectivity index (χ4v) is 3.24. The SMILES string of the molecule is O=C(NCCN1CCCC[C@@H]1CO)c1cccc2cc[nH]c12. The first kappa shape index (κ1) is 15.1. The van der Waals surface area contributed by atoms with Crippen LogP contribution < -0.4 is 5.32 Å². The van der Waals surface area contributed by atoms with E-state index < -0.39 is 0 Å². The first-order chi connectivity index (χ1) is 10.8. The van der Waals surface area contributed by atoms with Gasteiger partial charge in [0.15, 0.2) is 0 Å². The molecule has 5 nitrogen and oxygen atoms in total. The van der Waals surface area contributed by atoms with E-state index in [1.165, 1.54) is 12.8 Å². The summed E-state index contributed by atoms with van der Waals surface area (Å²) in [5, 5.41) is 13.4. The largest absolute Gasteiger partial charge is 0.395 e. The van der Waals surface area contributed by atoms with E-state index in [-0.39, 0.29) is 18.6 Å². The molecule has 118 valence electrons. The average Bonchev–Trinajstić information content (AvgIpc) is 3.03. The first-order valence-corrected chi connectivity index (χ1v) is 7.99. The minimum Gasteiger partial charge on any atom is -0.395 e. The molecule has 0 bridgehead atoms. The number of rotatable bonds is 5. The highest BCUT2D eigenvalue weighted by Crippen LogP contribution is 2.17. The molecular formula is C17H23N3O2. The summed E-state index contributed by atoms with van der Waals surface area (Å²) < 4.78 is 0. The van der Waals surface area contributed by atoms with Crippen molar-refractivity contribution in [2.75, 3.05) is 26.2 Å². The number of hydrogen-bond donors (Lipinski definition) is 3. The van der Waals surface area contributed by atoms with E-state index in [1.54, 1.807) is 0 Å². The highest BCUT2D eigenvalue weighted by Gasteiger charge is 2.21. The molecule has 1 fully saturated rings. The molecule has 2 heterocycles. The number of aromatic nitrogens is 1. The number of aromatic amines is 1. The molecule has 1 aromatic heterocycles. The number of fused-ring (bicyclic) bond motifs is 1. The Morgan fingerprint density at radius 2 is 2.27 bits per heavy atom. The van der Waals surface area contributed by atoms with Crippen LogP contribution in [-0.2, 0) is 0 Å². The summed E-state index contributed by atoms with van der Waals surface area (Å²) in [4.78, 5) is 17.7. The number of benzene rings is 1. The van der Waals surface area contributed by atoms with E-state index >= 15 is 0 Å². The minimum absolute atomic E-state index is 0.0504. The molecule has 5 heteroatoms. The van der Waals surface area contributed by atoms with Crippen molar-refractivity contribution < 1.29 is 9.90 Å². The van der Waals surface area contributed by atoms with Crippen LogP contribution >= 0.6 is 0 Å². The fourth-order valence-electron chi connectivity index (χ4n) is 3.24. The van der Waals surface area contributed by atoms with Crippen LogP contribution in [0.5, 0.6) is 0 Å². The van der Waals surface area contributed by atoms with Crippen LogP contribution in [0.1, 0.15) is 29.6 Å². The van der Waals surface area contributed by atoms with Gasteiger partial charge in [-0.05, 0) is 31.5 Å². The standard InChI is InChI=1S/C17H23N3O2/c21-12-14-5-1-2-10-20(14)11-9-19-17(22)15-6-3-4-13-7-8-18-16(13)15/h3-4,6-8,14,18,21H,1-2,5,9-12H2,(H,19,22)/t14-/m1/s1. The van der Waals surface area contributed by atoms with Gasteiger partial charge in [-0.25, -0.2) is 0 Å². The lowest BCUT2D eigenvalue weighted by molar-refractivity contribution is 0.0850. The van der Waals surface area contributed by atoms with Crippen LogP contribution in [0, 0.1) is 0 Å². The van der Waals surface area contributed by atoms with Crippen LogP contribution in [0.3, 0.4) is 0 Å². The van der Waals surface area contributed by atoms with Gasteiger partial charge in [-0.1, -0.05) is 18.6 Å². The van der Waals surface area contributed by atoms with E-state index in [1.807, 2.05) is 30.5 Å². The number of nitrogens with zero attached hydrogens (tertiary/aromatic N) is 1. The van der Waals surface area contributed by atoms with E-state index in [2.05, 4.69) is 15.2 Å². The van der Waals surface area contributed by atoms with Gasteiger partial charge >= 0.3 is 0 Å². The van der Waals surface area contributed by atoms with Crippen LogP contribution in [0.25, 0.3) is 10.9 Å². The second-order valence-electron chi connectivity index (χ2n) is 5.87. The summed E-state index contributed by atoms with van der Waals surface area (Å²) in [6.45, 7) is 2.60. The Morgan fingerprint density at radius 1 is 1.36 bits per heavy atom. The zero-order valence-corrected chi connectivity index (χ0v) is 12.7. The van der Waals surface area contributed by atoms with Crippen LogP contribution in [0.2, 0.25) is 0 Å². The van der Waals surface area contributed by atoms with Gasteiger partial charge in [-0.15, -0.1) is 0 Å². The van der Waals surface area contributed by atoms with Crippen molar-refractivity contribution in [2.45, 2.75) is 25.3 Å². The van der Waals surface area contributed by atoms with Gasteiger partial charge in [0.2, 0.25) is 0 Å². The second-order valence-corrected chi connectivity index (χ2v) is 5.87. The molecule has 0 spiro atoms. The maximum Gasteiger partial charge on any atom is 0.253 e. The summed E-state index contributed by atoms with van der Waals surface area (Å²) in [5.74, 6) is -0.0504. The zero-order valence-electron chi connectivity index (χ0n) is 12.7. The molecule has 1 aliphatic heterocycles. The third-order valence-electron chi connectivity index (χ3n) is 4.48. The van der Waals surface area contributed by atoms with Crippen LogP contribution in [-0.4, -0.2) is 53.2 Å². The third kappa shape index (κ3) is 3.15. The Kier molecular flexibility index (Phi) is 4.75. The summed E-state index contributed by atoms with van der Waals surface area (Å²) in [7, 11) is 0. The van der Waals surface area contributed by atoms with Crippen LogP contribution in [0.15, 0.2) is 30.5 Å². The molecule has 0 saturated carbocycles. The lowest BCUT2D eigenvalue weighted by Gasteiger charge is -2.34. The quantitative estimate of drug-likeness (QED) is 0.788. The van der Waals surface area contributed by atoms with Crippen LogP contribution in [0.4, 0.5) is 0 Å². The molecule has 1 aliphatic rings. The molecule has 1 saturated heterocycles. The van der Waals surface area contributed by atoms with E-state index in [0.717, 1.165) is 30.4 Å². The fraction of sp³-hybridized carbons (Fsp3) is 0.471. The molecule has 1 amide bonds. The molecule has 2 aromatic rings. The Bertz CT molecular complexity index is 638. The number of hydrogen-bond acceptors (Lipinski definition) is 3. The number of carbonyl (C=O) groups is 1. The maximum absolute atomic E-state index is 12.4. The van der Waals surface area contributed by atoms with Crippen molar-refractivity contribution in [3.05, 3.63) is 36.0 Å². The number of piperidine rings is 1. The van der Waals surface area contributed by atoms with Crippen molar-refractivity contribution in [1.29, 1.82) is 0 Å². The number of aliphatic hydroxyl groups is 1. The minimum atomic E-state index is -0.0504. The smallest absolute Gasteiger partial charge is 0.253 e. The maximum atomic E-state index is 12.4. The molecule has 0 unspecified atom stereocenters. The first-order valence-electron chi connectivity index (χ1n) is 7.99. The molecule has 3 N–H and O–H groups in total. The lowest BCUT2D eigenvalue weighted by atomic mass is 10.0. The third-order valence-corrected chi connectivity index (χ3v) is 4.48. The number of para-hydroxylation sites is 1. The lowest BCUT2D eigenvalue weighted by Crippen LogP contribution is -2.45. The predicted molar refractivity (Wildman–Crippen MR) is 86.9 cm³/mol. The van der Waals surface area contributed by atoms with Gasteiger partial charge in [0.1, 0.15) is 0 Å². The van der Waals surface area contributed by atoms with Crippen molar-refractivity contribution in [2.24, 2.45) is 0 Å². The molecular weight excluding hydrogens is 278 g/mol. The van der Waals surface area contributed by atoms with Gasteiger partial charge in [0, 0.05) is 30.7 Å².